The fourth-order valence-electron chi connectivity index (χ4n) is 2.65. The minimum Gasteiger partial charge on any atom is -0.465 e. The topological polar surface area (TPSA) is 147 Å². The predicted molar refractivity (Wildman–Crippen MR) is 106 cm³/mol. The number of nitrogens with zero attached hydrogens (tertiary/aromatic N) is 4. The van der Waals surface area contributed by atoms with Crippen LogP contribution in [-0.2, 0) is 16.1 Å². The molecular weight excluding hydrogens is 416 g/mol. The Labute approximate surface area is 172 Å². The number of hydrogen-bond acceptors (Lipinski definition) is 8. The van der Waals surface area contributed by atoms with Crippen molar-refractivity contribution in [3.8, 4) is 0 Å². The molecule has 0 aliphatic heterocycles. The zero-order chi connectivity index (χ0) is 21.8. The van der Waals surface area contributed by atoms with E-state index >= 15 is 0 Å². The number of non-ortho nitro benzene ring substituents is 2. The third-order valence-corrected chi connectivity index (χ3v) is 5.03. The summed E-state index contributed by atoms with van der Waals surface area (Å²) in [6.07, 6.45) is 0. The summed E-state index contributed by atoms with van der Waals surface area (Å²) < 4.78 is 6.85. The number of nitro benzene ring substituents is 2. The highest BCUT2D eigenvalue weighted by molar-refractivity contribution is 7.16. The van der Waals surface area contributed by atoms with E-state index in [-0.39, 0.29) is 34.9 Å². The number of hydrogen-bond donors (Lipinski definition) is 0. The van der Waals surface area contributed by atoms with E-state index in [2.05, 4.69) is 4.99 Å². The third-order valence-electron chi connectivity index (χ3n) is 3.97. The lowest BCUT2D eigenvalue weighted by Crippen LogP contribution is -2.23. The SMILES string of the molecule is CCOC(=O)Cn1c(=NC(=O)c2cccc([N+](=O)[O-])c2)sc2ccc([N+](=O)[O-])cc21. The van der Waals surface area contributed by atoms with E-state index in [0.717, 1.165) is 17.4 Å². The van der Waals surface area contributed by atoms with Gasteiger partial charge in [-0.2, -0.15) is 4.99 Å². The number of rotatable bonds is 6. The van der Waals surface area contributed by atoms with E-state index in [1.165, 1.54) is 41.0 Å². The van der Waals surface area contributed by atoms with E-state index in [1.54, 1.807) is 6.92 Å². The zero-order valence-electron chi connectivity index (χ0n) is 15.5. The average molecular weight is 430 g/mol. The highest BCUT2D eigenvalue weighted by atomic mass is 32.1. The van der Waals surface area contributed by atoms with E-state index in [9.17, 15) is 29.8 Å². The number of amides is 1. The van der Waals surface area contributed by atoms with Gasteiger partial charge in [0.2, 0.25) is 0 Å². The lowest BCUT2D eigenvalue weighted by molar-refractivity contribution is -0.385. The van der Waals surface area contributed by atoms with Gasteiger partial charge in [0, 0.05) is 29.8 Å². The van der Waals surface area contributed by atoms with Crippen LogP contribution in [0.3, 0.4) is 0 Å². The third kappa shape index (κ3) is 4.38. The molecule has 1 heterocycles. The standard InChI is InChI=1S/C18H14N4O7S/c1-2-29-16(23)10-20-14-9-13(22(27)28)6-7-15(14)30-18(20)19-17(24)11-4-3-5-12(8-11)21(25)26/h3-9H,2,10H2,1H3. The van der Waals surface area contributed by atoms with E-state index < -0.39 is 21.7 Å². The van der Waals surface area contributed by atoms with E-state index in [4.69, 9.17) is 4.74 Å². The number of carbonyl (C=O) groups excluding carboxylic acids is 2. The summed E-state index contributed by atoms with van der Waals surface area (Å²) in [5.74, 6) is -1.36. The summed E-state index contributed by atoms with van der Waals surface area (Å²) in [6, 6.07) is 9.17. The first-order chi connectivity index (χ1) is 14.3. The number of ether oxygens (including phenoxy) is 1. The first-order valence-corrected chi connectivity index (χ1v) is 9.38. The maximum absolute atomic E-state index is 12.6. The van der Waals surface area contributed by atoms with Crippen LogP contribution < -0.4 is 4.80 Å². The van der Waals surface area contributed by atoms with E-state index in [0.29, 0.717) is 10.2 Å². The first-order valence-electron chi connectivity index (χ1n) is 8.57. The molecule has 0 radical (unpaired) electrons. The maximum atomic E-state index is 12.6. The van der Waals surface area contributed by atoms with Crippen molar-refractivity contribution in [1.82, 2.24) is 4.57 Å². The summed E-state index contributed by atoms with van der Waals surface area (Å²) in [7, 11) is 0. The van der Waals surface area contributed by atoms with Crippen LogP contribution in [0.25, 0.3) is 10.2 Å². The number of nitro groups is 2. The number of fused-ring (bicyclic) bond motifs is 1. The van der Waals surface area contributed by atoms with Gasteiger partial charge in [0.05, 0.1) is 26.7 Å². The van der Waals surface area contributed by atoms with Crippen molar-refractivity contribution in [2.45, 2.75) is 13.5 Å². The first kappa shape index (κ1) is 20.8. The van der Waals surface area contributed by atoms with Gasteiger partial charge in [0.1, 0.15) is 6.54 Å². The Hall–Kier alpha value is -3.93. The largest absolute Gasteiger partial charge is 0.465 e. The Morgan fingerprint density at radius 2 is 1.80 bits per heavy atom. The molecule has 0 atom stereocenters. The van der Waals surface area contributed by atoms with Crippen LogP contribution in [-0.4, -0.2) is 32.9 Å². The normalized spacial score (nSPS) is 11.4. The Morgan fingerprint density at radius 1 is 1.10 bits per heavy atom. The number of carbonyl (C=O) groups is 2. The van der Waals surface area contributed by atoms with Crippen LogP contribution in [0.2, 0.25) is 0 Å². The van der Waals surface area contributed by atoms with Crippen molar-refractivity contribution in [2.24, 2.45) is 4.99 Å². The molecule has 0 unspecified atom stereocenters. The Kier molecular flexibility index (Phi) is 5.97. The molecule has 3 aromatic rings. The van der Waals surface area contributed by atoms with Crippen LogP contribution >= 0.6 is 11.3 Å². The van der Waals surface area contributed by atoms with Crippen LogP contribution in [0.15, 0.2) is 47.5 Å². The van der Waals surface area contributed by atoms with Crippen molar-refractivity contribution in [1.29, 1.82) is 0 Å². The molecule has 0 fully saturated rings. The van der Waals surface area contributed by atoms with Crippen molar-refractivity contribution in [3.63, 3.8) is 0 Å². The molecule has 30 heavy (non-hydrogen) atoms. The van der Waals surface area contributed by atoms with Crippen LogP contribution in [0, 0.1) is 20.2 Å². The molecule has 0 N–H and O–H groups in total. The van der Waals surface area contributed by atoms with Crippen molar-refractivity contribution < 1.29 is 24.2 Å². The lowest BCUT2D eigenvalue weighted by Gasteiger charge is -2.05. The molecule has 11 nitrogen and oxygen atoms in total. The fourth-order valence-corrected chi connectivity index (χ4v) is 3.66. The molecule has 1 amide bonds. The molecule has 0 saturated carbocycles. The molecule has 0 spiro atoms. The van der Waals surface area contributed by atoms with Gasteiger partial charge in [-0.3, -0.25) is 29.8 Å². The highest BCUT2D eigenvalue weighted by Gasteiger charge is 2.17. The smallest absolute Gasteiger partial charge is 0.326 e. The van der Waals surface area contributed by atoms with Crippen LogP contribution in [0.1, 0.15) is 17.3 Å². The number of aromatic nitrogens is 1. The summed E-state index contributed by atoms with van der Waals surface area (Å²) in [4.78, 5) is 49.6. The summed E-state index contributed by atoms with van der Waals surface area (Å²) in [5.41, 5.74) is -0.111. The highest BCUT2D eigenvalue weighted by Crippen LogP contribution is 2.23. The van der Waals surface area contributed by atoms with E-state index in [1.807, 2.05) is 0 Å². The van der Waals surface area contributed by atoms with Gasteiger partial charge in [-0.1, -0.05) is 17.4 Å². The Morgan fingerprint density at radius 3 is 2.47 bits per heavy atom. The quantitative estimate of drug-likeness (QED) is 0.332. The predicted octanol–water partition coefficient (Wildman–Crippen LogP) is 2.82. The van der Waals surface area contributed by atoms with Gasteiger partial charge in [-0.25, -0.2) is 0 Å². The summed E-state index contributed by atoms with van der Waals surface area (Å²) in [6.45, 7) is 1.47. The van der Waals surface area contributed by atoms with Crippen LogP contribution in [0.4, 0.5) is 11.4 Å². The summed E-state index contributed by atoms with van der Waals surface area (Å²) in [5, 5.41) is 22.0. The molecule has 2 aromatic carbocycles. The zero-order valence-corrected chi connectivity index (χ0v) is 16.3. The lowest BCUT2D eigenvalue weighted by atomic mass is 10.2. The van der Waals surface area contributed by atoms with Crippen molar-refractivity contribution in [2.75, 3.05) is 6.61 Å². The Balaban J connectivity index is 2.14. The fraction of sp³-hybridized carbons (Fsp3) is 0.167. The molecule has 0 saturated heterocycles. The maximum Gasteiger partial charge on any atom is 0.326 e. The van der Waals surface area contributed by atoms with Crippen molar-refractivity contribution in [3.05, 3.63) is 73.1 Å². The number of thiazole rings is 1. The van der Waals surface area contributed by atoms with Gasteiger partial charge < -0.3 is 9.30 Å². The Bertz CT molecular complexity index is 1240. The van der Waals surface area contributed by atoms with Crippen molar-refractivity contribution >= 4 is 44.8 Å². The minimum atomic E-state index is -0.752. The molecule has 154 valence electrons. The number of benzene rings is 2. The molecule has 0 aliphatic carbocycles. The molecular formula is C18H14N4O7S. The van der Waals surface area contributed by atoms with Gasteiger partial charge in [0.25, 0.3) is 17.3 Å². The summed E-state index contributed by atoms with van der Waals surface area (Å²) >= 11 is 1.05. The minimum absolute atomic E-state index is 0.00433. The van der Waals surface area contributed by atoms with Gasteiger partial charge in [0.15, 0.2) is 4.80 Å². The molecule has 3 rings (SSSR count). The second-order valence-electron chi connectivity index (χ2n) is 5.91. The van der Waals surface area contributed by atoms with Gasteiger partial charge in [-0.05, 0) is 19.1 Å². The molecule has 0 bridgehead atoms. The van der Waals surface area contributed by atoms with Gasteiger partial charge in [-0.15, -0.1) is 0 Å². The van der Waals surface area contributed by atoms with Crippen LogP contribution in [0.5, 0.6) is 0 Å². The second kappa shape index (κ2) is 8.61. The van der Waals surface area contributed by atoms with Gasteiger partial charge >= 0.3 is 5.97 Å². The monoisotopic (exact) mass is 430 g/mol. The average Bonchev–Trinajstić information content (AvgIpc) is 3.04. The molecule has 1 aromatic heterocycles. The molecule has 12 heteroatoms. The second-order valence-corrected chi connectivity index (χ2v) is 6.92. The number of esters is 1. The molecule has 0 aliphatic rings.